The monoisotopic (exact) mass is 450 g/mol. The molecule has 2 aliphatic heterocycles. The zero-order valence-electron chi connectivity index (χ0n) is 19.2. The first-order chi connectivity index (χ1) is 16.0. The summed E-state index contributed by atoms with van der Waals surface area (Å²) in [6.45, 7) is 4.22. The quantitative estimate of drug-likeness (QED) is 0.629. The van der Waals surface area contributed by atoms with E-state index in [1.54, 1.807) is 12.4 Å². The number of ether oxygens (including phenoxy) is 1. The molecule has 1 saturated carbocycles. The maximum Gasteiger partial charge on any atom is 0.219 e. The van der Waals surface area contributed by atoms with Crippen LogP contribution in [0.2, 0.25) is 0 Å². The van der Waals surface area contributed by atoms with Crippen molar-refractivity contribution in [3.05, 3.63) is 59.8 Å². The van der Waals surface area contributed by atoms with Gasteiger partial charge >= 0.3 is 0 Å². The van der Waals surface area contributed by atoms with Crippen LogP contribution < -0.4 is 10.1 Å². The lowest BCUT2D eigenvalue weighted by atomic mass is 10.0. The van der Waals surface area contributed by atoms with Gasteiger partial charge in [-0.3, -0.25) is 0 Å². The van der Waals surface area contributed by atoms with Gasteiger partial charge in [0.25, 0.3) is 0 Å². The first kappa shape index (κ1) is 21.9. The predicted molar refractivity (Wildman–Crippen MR) is 123 cm³/mol. The molecule has 3 aliphatic rings. The van der Waals surface area contributed by atoms with Gasteiger partial charge in [-0.25, -0.2) is 24.0 Å². The molecule has 8 heteroatoms. The van der Waals surface area contributed by atoms with Crippen molar-refractivity contribution < 1.29 is 9.13 Å². The zero-order chi connectivity index (χ0) is 22.8. The van der Waals surface area contributed by atoms with E-state index in [9.17, 15) is 4.39 Å². The van der Waals surface area contributed by atoms with Crippen molar-refractivity contribution in [3.63, 3.8) is 0 Å². The Kier molecular flexibility index (Phi) is 6.35. The van der Waals surface area contributed by atoms with Crippen LogP contribution >= 0.6 is 0 Å². The predicted octanol–water partition coefficient (Wildman–Crippen LogP) is 4.17. The van der Waals surface area contributed by atoms with Crippen LogP contribution in [-0.2, 0) is 6.42 Å². The second kappa shape index (κ2) is 9.55. The smallest absolute Gasteiger partial charge is 0.219 e. The van der Waals surface area contributed by atoms with Gasteiger partial charge in [0.1, 0.15) is 30.9 Å². The van der Waals surface area contributed by atoms with Gasteiger partial charge in [0, 0.05) is 24.1 Å². The van der Waals surface area contributed by atoms with Crippen LogP contribution in [0.15, 0.2) is 37.2 Å². The number of aromatic nitrogens is 5. The SMILES string of the molecule is CC1CC1.Cc1c(Cc2ccc(-n3cncn3)cc2F)ncnc1OC1CC2CCC(C1)N2. The molecule has 2 saturated heterocycles. The Labute approximate surface area is 193 Å². The molecule has 0 radical (unpaired) electrons. The van der Waals surface area contributed by atoms with Crippen molar-refractivity contribution in [1.82, 2.24) is 30.0 Å². The molecule has 2 atom stereocenters. The standard InChI is InChI=1S/C21H23FN6O.C4H8/c1-13-20(6-14-2-5-17(9-19(14)22)28-12-23-10-26-28)24-11-25-21(13)29-18-7-15-3-4-16(8-18)27-15;1-4-2-3-4/h2,5,9-12,15-16,18,27H,3-4,6-8H2,1H3;4H,2-3H2,1H3. The van der Waals surface area contributed by atoms with Gasteiger partial charge in [0.2, 0.25) is 5.88 Å². The van der Waals surface area contributed by atoms with E-state index in [-0.39, 0.29) is 11.9 Å². The highest BCUT2D eigenvalue weighted by Gasteiger charge is 2.35. The lowest BCUT2D eigenvalue weighted by Gasteiger charge is -2.29. The van der Waals surface area contributed by atoms with Gasteiger partial charge in [0.15, 0.2) is 0 Å². The van der Waals surface area contributed by atoms with Gasteiger partial charge in [-0.2, -0.15) is 5.10 Å². The molecular weight excluding hydrogens is 419 g/mol. The fraction of sp³-hybridized carbons (Fsp3) is 0.520. The average Bonchev–Trinajstić information content (AvgIpc) is 3.26. The number of halogens is 1. The van der Waals surface area contributed by atoms with E-state index in [4.69, 9.17) is 4.74 Å². The summed E-state index contributed by atoms with van der Waals surface area (Å²) in [5, 5.41) is 7.66. The number of hydrogen-bond donors (Lipinski definition) is 1. The van der Waals surface area contributed by atoms with Crippen molar-refractivity contribution in [2.75, 3.05) is 0 Å². The van der Waals surface area contributed by atoms with Crippen LogP contribution in [0, 0.1) is 18.7 Å². The lowest BCUT2D eigenvalue weighted by Crippen LogP contribution is -2.42. The number of nitrogens with one attached hydrogen (secondary N) is 1. The molecule has 3 aromatic rings. The fourth-order valence-electron chi connectivity index (χ4n) is 4.53. The molecule has 2 unspecified atom stereocenters. The molecule has 7 nitrogen and oxygen atoms in total. The minimum Gasteiger partial charge on any atom is -0.474 e. The minimum atomic E-state index is -0.298. The highest BCUT2D eigenvalue weighted by molar-refractivity contribution is 5.38. The third-order valence-corrected chi connectivity index (χ3v) is 6.79. The minimum absolute atomic E-state index is 0.175. The largest absolute Gasteiger partial charge is 0.474 e. The third kappa shape index (κ3) is 5.38. The first-order valence-corrected chi connectivity index (χ1v) is 11.9. The van der Waals surface area contributed by atoms with Crippen molar-refractivity contribution in [1.29, 1.82) is 0 Å². The first-order valence-electron chi connectivity index (χ1n) is 11.9. The van der Waals surface area contributed by atoms with Crippen molar-refractivity contribution in [2.24, 2.45) is 5.92 Å². The Balaban J connectivity index is 0.000000517. The summed E-state index contributed by atoms with van der Waals surface area (Å²) in [5.74, 6) is 1.40. The topological polar surface area (TPSA) is 77.8 Å². The summed E-state index contributed by atoms with van der Waals surface area (Å²) in [6, 6.07) is 6.16. The number of nitrogens with zero attached hydrogens (tertiary/aromatic N) is 5. The normalized spacial score (nSPS) is 23.7. The van der Waals surface area contributed by atoms with Gasteiger partial charge in [0.05, 0.1) is 11.4 Å². The van der Waals surface area contributed by atoms with Crippen LogP contribution in [0.1, 0.15) is 62.3 Å². The summed E-state index contributed by atoms with van der Waals surface area (Å²) < 4.78 is 22.5. The Bertz CT molecular complexity index is 1070. The summed E-state index contributed by atoms with van der Waals surface area (Å²) in [7, 11) is 0. The Morgan fingerprint density at radius 2 is 1.85 bits per heavy atom. The van der Waals surface area contributed by atoms with E-state index < -0.39 is 0 Å². The van der Waals surface area contributed by atoms with Crippen LogP contribution in [0.5, 0.6) is 5.88 Å². The van der Waals surface area contributed by atoms with E-state index in [1.807, 2.05) is 13.0 Å². The fourth-order valence-corrected chi connectivity index (χ4v) is 4.53. The number of hydrogen-bond acceptors (Lipinski definition) is 6. The second-order valence-corrected chi connectivity index (χ2v) is 9.57. The molecule has 1 N–H and O–H groups in total. The Hall–Kier alpha value is -2.87. The molecule has 4 heterocycles. The molecular formula is C25H31FN6O. The van der Waals surface area contributed by atoms with Crippen LogP contribution in [0.4, 0.5) is 4.39 Å². The number of benzene rings is 1. The molecule has 174 valence electrons. The summed E-state index contributed by atoms with van der Waals surface area (Å²) in [6.07, 6.45) is 12.5. The Morgan fingerprint density at radius 3 is 2.48 bits per heavy atom. The van der Waals surface area contributed by atoms with Gasteiger partial charge in [-0.15, -0.1) is 0 Å². The molecule has 33 heavy (non-hydrogen) atoms. The summed E-state index contributed by atoms with van der Waals surface area (Å²) in [4.78, 5) is 12.6. The van der Waals surface area contributed by atoms with Crippen molar-refractivity contribution in [3.8, 4) is 11.6 Å². The van der Waals surface area contributed by atoms with Gasteiger partial charge < -0.3 is 10.1 Å². The van der Waals surface area contributed by atoms with Crippen LogP contribution in [0.25, 0.3) is 5.69 Å². The summed E-state index contributed by atoms with van der Waals surface area (Å²) >= 11 is 0. The maximum absolute atomic E-state index is 14.7. The third-order valence-electron chi connectivity index (χ3n) is 6.79. The molecule has 3 fully saturated rings. The Morgan fingerprint density at radius 1 is 1.09 bits per heavy atom. The van der Waals surface area contributed by atoms with E-state index in [2.05, 4.69) is 32.3 Å². The van der Waals surface area contributed by atoms with Crippen molar-refractivity contribution in [2.45, 2.75) is 77.0 Å². The zero-order valence-corrected chi connectivity index (χ0v) is 19.2. The second-order valence-electron chi connectivity index (χ2n) is 9.57. The number of fused-ring (bicyclic) bond motifs is 2. The molecule has 1 aromatic carbocycles. The van der Waals surface area contributed by atoms with Crippen molar-refractivity contribution >= 4 is 0 Å². The molecule has 2 aromatic heterocycles. The molecule has 0 spiro atoms. The highest BCUT2D eigenvalue weighted by Crippen LogP contribution is 2.31. The van der Waals surface area contributed by atoms with E-state index in [0.29, 0.717) is 35.6 Å². The highest BCUT2D eigenvalue weighted by atomic mass is 19.1. The van der Waals surface area contributed by atoms with Gasteiger partial charge in [-0.05, 0) is 56.2 Å². The number of rotatable bonds is 5. The molecule has 6 rings (SSSR count). The lowest BCUT2D eigenvalue weighted by molar-refractivity contribution is 0.130. The summed E-state index contributed by atoms with van der Waals surface area (Å²) in [5.41, 5.74) is 2.85. The van der Waals surface area contributed by atoms with Crippen LogP contribution in [0.3, 0.4) is 0 Å². The van der Waals surface area contributed by atoms with E-state index in [1.165, 1.54) is 49.1 Å². The van der Waals surface area contributed by atoms with Crippen LogP contribution in [-0.4, -0.2) is 42.9 Å². The number of piperidine rings is 1. The molecule has 2 bridgehead atoms. The van der Waals surface area contributed by atoms with Gasteiger partial charge in [-0.1, -0.05) is 25.8 Å². The average molecular weight is 451 g/mol. The maximum atomic E-state index is 14.7. The molecule has 0 amide bonds. The van der Waals surface area contributed by atoms with E-state index in [0.717, 1.165) is 30.0 Å². The molecule has 1 aliphatic carbocycles. The van der Waals surface area contributed by atoms with E-state index >= 15 is 0 Å².